The van der Waals surface area contributed by atoms with Crippen LogP contribution in [-0.2, 0) is 4.74 Å². The topological polar surface area (TPSA) is 47.5 Å². The fraction of sp³-hybridized carbons (Fsp3) is 0.600. The zero-order valence-corrected chi connectivity index (χ0v) is 9.65. The van der Waals surface area contributed by atoms with Crippen molar-refractivity contribution in [3.05, 3.63) is 11.5 Å². The molecule has 0 amide bonds. The molecule has 1 fully saturated rings. The first-order valence-electron chi connectivity index (χ1n) is 5.21. The van der Waals surface area contributed by atoms with Crippen molar-refractivity contribution in [1.82, 2.24) is 9.97 Å². The molecule has 0 saturated carbocycles. The minimum Gasteiger partial charge on any atom is -0.486 e. The van der Waals surface area contributed by atoms with Gasteiger partial charge in [0.1, 0.15) is 6.61 Å². The Kier molecular flexibility index (Phi) is 2.37. The number of fused-ring (bicyclic) bond motifs is 1. The quantitative estimate of drug-likeness (QED) is 0.686. The second kappa shape index (κ2) is 3.75. The molecule has 0 N–H and O–H groups in total. The lowest BCUT2D eigenvalue weighted by molar-refractivity contribution is -0.0518. The highest BCUT2D eigenvalue weighted by molar-refractivity contribution is 6.28. The Bertz CT molecular complexity index is 411. The molecule has 0 aliphatic carbocycles. The van der Waals surface area contributed by atoms with Crippen LogP contribution in [0.3, 0.4) is 0 Å². The van der Waals surface area contributed by atoms with Gasteiger partial charge < -0.3 is 14.4 Å². The molecule has 16 heavy (non-hydrogen) atoms. The van der Waals surface area contributed by atoms with E-state index >= 15 is 0 Å². The average molecular weight is 242 g/mol. The van der Waals surface area contributed by atoms with Crippen LogP contribution in [0.5, 0.6) is 5.75 Å². The lowest BCUT2D eigenvalue weighted by Crippen LogP contribution is -2.52. The molecule has 0 bridgehead atoms. The van der Waals surface area contributed by atoms with Crippen LogP contribution < -0.4 is 9.64 Å². The Labute approximate surface area is 98.3 Å². The van der Waals surface area contributed by atoms with E-state index in [0.717, 1.165) is 19.0 Å². The van der Waals surface area contributed by atoms with E-state index in [1.54, 1.807) is 6.20 Å². The van der Waals surface area contributed by atoms with E-state index in [4.69, 9.17) is 21.1 Å². The van der Waals surface area contributed by atoms with Crippen LogP contribution >= 0.6 is 11.6 Å². The molecule has 6 heteroatoms. The molecule has 0 spiro atoms. The summed E-state index contributed by atoms with van der Waals surface area (Å²) in [4.78, 5) is 10.2. The second-order valence-electron chi connectivity index (χ2n) is 4.11. The van der Waals surface area contributed by atoms with Crippen molar-refractivity contribution >= 4 is 17.4 Å². The van der Waals surface area contributed by atoms with E-state index in [1.807, 2.05) is 7.05 Å². The fourth-order valence-corrected chi connectivity index (χ4v) is 2.20. The lowest BCUT2D eigenvalue weighted by atomic mass is 9.96. The first-order chi connectivity index (χ1) is 7.75. The van der Waals surface area contributed by atoms with Crippen LogP contribution in [0, 0.1) is 5.92 Å². The van der Waals surface area contributed by atoms with Crippen molar-refractivity contribution in [1.29, 1.82) is 0 Å². The van der Waals surface area contributed by atoms with E-state index in [0.29, 0.717) is 24.3 Å². The Morgan fingerprint density at radius 3 is 2.94 bits per heavy atom. The number of ether oxygens (including phenoxy) is 2. The monoisotopic (exact) mass is 241 g/mol. The maximum Gasteiger partial charge on any atom is 0.224 e. The molecule has 2 aliphatic heterocycles. The highest BCUT2D eigenvalue weighted by Crippen LogP contribution is 2.34. The van der Waals surface area contributed by atoms with Gasteiger partial charge in [-0.15, -0.1) is 0 Å². The minimum absolute atomic E-state index is 0.250. The van der Waals surface area contributed by atoms with Gasteiger partial charge in [-0.3, -0.25) is 0 Å². The molecule has 1 atom stereocenters. The van der Waals surface area contributed by atoms with Crippen LogP contribution in [0.25, 0.3) is 0 Å². The van der Waals surface area contributed by atoms with Crippen LogP contribution in [-0.4, -0.2) is 42.9 Å². The van der Waals surface area contributed by atoms with E-state index in [9.17, 15) is 0 Å². The van der Waals surface area contributed by atoms with Gasteiger partial charge in [0.15, 0.2) is 11.6 Å². The summed E-state index contributed by atoms with van der Waals surface area (Å²) in [5, 5.41) is 0.250. The van der Waals surface area contributed by atoms with Crippen molar-refractivity contribution in [2.24, 2.45) is 5.92 Å². The predicted octanol–water partition coefficient (Wildman–Crippen LogP) is 0.974. The third-order valence-corrected chi connectivity index (χ3v) is 3.34. The maximum absolute atomic E-state index is 5.79. The summed E-state index contributed by atoms with van der Waals surface area (Å²) in [7, 11) is 2.01. The number of rotatable bonds is 1. The van der Waals surface area contributed by atoms with Gasteiger partial charge in [0.25, 0.3) is 0 Å². The minimum atomic E-state index is 0.250. The van der Waals surface area contributed by atoms with Gasteiger partial charge in [0, 0.05) is 13.0 Å². The standard InChI is InChI=1S/C10H12ClN3O2/c1-14-7(6-3-15-4-6)5-16-8-2-12-10(11)13-9(8)14/h2,6-7H,3-5H2,1H3. The Balaban J connectivity index is 1.90. The number of aromatic nitrogens is 2. The molecule has 3 heterocycles. The molecule has 1 aromatic rings. The lowest BCUT2D eigenvalue weighted by Gasteiger charge is -2.42. The van der Waals surface area contributed by atoms with Crippen LogP contribution in [0.2, 0.25) is 5.28 Å². The molecule has 0 radical (unpaired) electrons. The van der Waals surface area contributed by atoms with Crippen molar-refractivity contribution in [2.75, 3.05) is 31.8 Å². The van der Waals surface area contributed by atoms with Gasteiger partial charge in [-0.25, -0.2) is 4.98 Å². The second-order valence-corrected chi connectivity index (χ2v) is 4.45. The van der Waals surface area contributed by atoms with Crippen LogP contribution in [0.4, 0.5) is 5.82 Å². The SMILES string of the molecule is CN1c2nc(Cl)ncc2OCC1C1COC1. The summed E-state index contributed by atoms with van der Waals surface area (Å²) in [6, 6.07) is 0.312. The molecule has 0 aromatic carbocycles. The van der Waals surface area contributed by atoms with Crippen molar-refractivity contribution in [3.63, 3.8) is 0 Å². The van der Waals surface area contributed by atoms with E-state index in [2.05, 4.69) is 14.9 Å². The summed E-state index contributed by atoms with van der Waals surface area (Å²) >= 11 is 5.79. The molecule has 1 unspecified atom stereocenters. The summed E-state index contributed by atoms with van der Waals surface area (Å²) in [6.45, 7) is 2.25. The zero-order chi connectivity index (χ0) is 11.1. The molecule has 3 rings (SSSR count). The van der Waals surface area contributed by atoms with Gasteiger partial charge in [0.05, 0.1) is 25.5 Å². The van der Waals surface area contributed by atoms with Gasteiger partial charge in [-0.2, -0.15) is 4.98 Å². The first-order valence-corrected chi connectivity index (χ1v) is 5.59. The molecule has 86 valence electrons. The van der Waals surface area contributed by atoms with Crippen LogP contribution in [0.1, 0.15) is 0 Å². The average Bonchev–Trinajstić information content (AvgIpc) is 2.20. The number of halogens is 1. The number of hydrogen-bond acceptors (Lipinski definition) is 5. The number of anilines is 1. The molecule has 5 nitrogen and oxygen atoms in total. The predicted molar refractivity (Wildman–Crippen MR) is 59.0 cm³/mol. The normalized spacial score (nSPS) is 24.6. The van der Waals surface area contributed by atoms with E-state index in [-0.39, 0.29) is 5.28 Å². The summed E-state index contributed by atoms with van der Waals surface area (Å²) in [5.41, 5.74) is 0. The number of hydrogen-bond donors (Lipinski definition) is 0. The zero-order valence-electron chi connectivity index (χ0n) is 8.89. The van der Waals surface area contributed by atoms with Crippen molar-refractivity contribution in [2.45, 2.75) is 6.04 Å². The van der Waals surface area contributed by atoms with E-state index < -0.39 is 0 Å². The number of nitrogens with zero attached hydrogens (tertiary/aromatic N) is 3. The molecule has 2 aliphatic rings. The summed E-state index contributed by atoms with van der Waals surface area (Å²) in [6.07, 6.45) is 1.62. The molecular formula is C10H12ClN3O2. The van der Waals surface area contributed by atoms with Gasteiger partial charge in [-0.05, 0) is 11.6 Å². The Morgan fingerprint density at radius 1 is 1.44 bits per heavy atom. The summed E-state index contributed by atoms with van der Waals surface area (Å²) in [5.74, 6) is 1.98. The first kappa shape index (κ1) is 10.1. The highest BCUT2D eigenvalue weighted by Gasteiger charge is 2.36. The Hall–Kier alpha value is -1.07. The van der Waals surface area contributed by atoms with Crippen molar-refractivity contribution in [3.8, 4) is 5.75 Å². The van der Waals surface area contributed by atoms with Gasteiger partial charge in [-0.1, -0.05) is 0 Å². The fourth-order valence-electron chi connectivity index (χ4n) is 2.07. The smallest absolute Gasteiger partial charge is 0.224 e. The van der Waals surface area contributed by atoms with E-state index in [1.165, 1.54) is 0 Å². The third-order valence-electron chi connectivity index (χ3n) is 3.16. The summed E-state index contributed by atoms with van der Waals surface area (Å²) < 4.78 is 10.8. The maximum atomic E-state index is 5.79. The molecular weight excluding hydrogens is 230 g/mol. The number of likely N-dealkylation sites (N-methyl/N-ethyl adjacent to an activating group) is 1. The van der Waals surface area contributed by atoms with Gasteiger partial charge >= 0.3 is 0 Å². The van der Waals surface area contributed by atoms with Crippen molar-refractivity contribution < 1.29 is 9.47 Å². The van der Waals surface area contributed by atoms with Crippen LogP contribution in [0.15, 0.2) is 6.20 Å². The molecule has 1 saturated heterocycles. The highest BCUT2D eigenvalue weighted by atomic mass is 35.5. The largest absolute Gasteiger partial charge is 0.486 e. The van der Waals surface area contributed by atoms with Gasteiger partial charge in [0.2, 0.25) is 5.28 Å². The third kappa shape index (κ3) is 1.51. The Morgan fingerprint density at radius 2 is 2.25 bits per heavy atom. The molecule has 1 aromatic heterocycles.